The molecular formula is C30H35N3O5S. The molecule has 0 aliphatic carbocycles. The zero-order valence-electron chi connectivity index (χ0n) is 22.9. The highest BCUT2D eigenvalue weighted by Gasteiger charge is 2.30. The Morgan fingerprint density at radius 3 is 2.56 bits per heavy atom. The number of carbonyl (C=O) groups is 2. The van der Waals surface area contributed by atoms with Crippen LogP contribution in [0.3, 0.4) is 0 Å². The normalized spacial score (nSPS) is 17.1. The van der Waals surface area contributed by atoms with Gasteiger partial charge in [-0.1, -0.05) is 13.8 Å². The molecule has 0 radical (unpaired) electrons. The van der Waals surface area contributed by atoms with Crippen molar-refractivity contribution in [3.63, 3.8) is 0 Å². The first-order valence-electron chi connectivity index (χ1n) is 13.7. The van der Waals surface area contributed by atoms with Crippen molar-refractivity contribution in [3.8, 4) is 27.6 Å². The fraction of sp³-hybridized carbons (Fsp3) is 0.467. The Balaban J connectivity index is 1.53. The maximum atomic E-state index is 13.0. The molecule has 3 aromatic rings. The highest BCUT2D eigenvalue weighted by atomic mass is 32.1. The molecular weight excluding hydrogens is 514 g/mol. The van der Waals surface area contributed by atoms with Gasteiger partial charge in [0.05, 0.1) is 24.5 Å². The minimum absolute atomic E-state index is 0.0608. The van der Waals surface area contributed by atoms with E-state index in [4.69, 9.17) is 9.47 Å². The molecule has 2 aliphatic heterocycles. The van der Waals surface area contributed by atoms with Crippen molar-refractivity contribution in [1.82, 2.24) is 14.5 Å². The SMILES string of the molecule is CCOC(=O)c1cn2c(cc1=O)-c1cc(-c3nccs3)c(OCC3CCN(C(C)=O)CC3)cc1CC2C(C)C. The van der Waals surface area contributed by atoms with Crippen LogP contribution in [-0.2, 0) is 16.0 Å². The van der Waals surface area contributed by atoms with Gasteiger partial charge in [-0.05, 0) is 55.7 Å². The molecule has 0 spiro atoms. The third-order valence-corrected chi connectivity index (χ3v) is 8.62. The van der Waals surface area contributed by atoms with Crippen LogP contribution in [0.1, 0.15) is 62.5 Å². The van der Waals surface area contributed by atoms with Crippen LogP contribution < -0.4 is 10.2 Å². The Hall–Kier alpha value is -3.46. The van der Waals surface area contributed by atoms with Crippen molar-refractivity contribution >= 4 is 23.2 Å². The maximum absolute atomic E-state index is 13.0. The number of amides is 1. The molecule has 39 heavy (non-hydrogen) atoms. The Bertz CT molecular complexity index is 1420. The fourth-order valence-electron chi connectivity index (χ4n) is 5.58. The number of esters is 1. The summed E-state index contributed by atoms with van der Waals surface area (Å²) in [6, 6.07) is 5.82. The molecule has 0 bridgehead atoms. The molecule has 4 heterocycles. The van der Waals surface area contributed by atoms with Crippen LogP contribution >= 0.6 is 11.3 Å². The van der Waals surface area contributed by atoms with Gasteiger partial charge in [-0.3, -0.25) is 9.59 Å². The highest BCUT2D eigenvalue weighted by molar-refractivity contribution is 7.13. The highest BCUT2D eigenvalue weighted by Crippen LogP contribution is 2.43. The van der Waals surface area contributed by atoms with Crippen LogP contribution in [0.15, 0.2) is 40.8 Å². The van der Waals surface area contributed by atoms with Crippen LogP contribution in [0, 0.1) is 11.8 Å². The summed E-state index contributed by atoms with van der Waals surface area (Å²) >= 11 is 1.54. The summed E-state index contributed by atoms with van der Waals surface area (Å²) in [6.07, 6.45) is 6.04. The lowest BCUT2D eigenvalue weighted by Crippen LogP contribution is -2.38. The smallest absolute Gasteiger partial charge is 0.343 e. The van der Waals surface area contributed by atoms with Gasteiger partial charge in [-0.15, -0.1) is 11.3 Å². The van der Waals surface area contributed by atoms with Gasteiger partial charge < -0.3 is 18.9 Å². The number of hydrogen-bond donors (Lipinski definition) is 0. The average molecular weight is 550 g/mol. The van der Waals surface area contributed by atoms with Crippen molar-refractivity contribution in [2.75, 3.05) is 26.3 Å². The van der Waals surface area contributed by atoms with Crippen LogP contribution in [-0.4, -0.2) is 52.6 Å². The first-order chi connectivity index (χ1) is 18.8. The van der Waals surface area contributed by atoms with E-state index in [9.17, 15) is 14.4 Å². The molecule has 1 aromatic carbocycles. The zero-order chi connectivity index (χ0) is 27.7. The average Bonchev–Trinajstić information content (AvgIpc) is 3.45. The molecule has 2 aromatic heterocycles. The Morgan fingerprint density at radius 2 is 1.92 bits per heavy atom. The molecule has 1 atom stereocenters. The summed E-state index contributed by atoms with van der Waals surface area (Å²) in [7, 11) is 0. The maximum Gasteiger partial charge on any atom is 0.343 e. The van der Waals surface area contributed by atoms with Gasteiger partial charge in [-0.2, -0.15) is 0 Å². The summed E-state index contributed by atoms with van der Waals surface area (Å²) < 4.78 is 13.7. The first kappa shape index (κ1) is 27.1. The number of nitrogens with zero attached hydrogens (tertiary/aromatic N) is 3. The molecule has 0 N–H and O–H groups in total. The summed E-state index contributed by atoms with van der Waals surface area (Å²) in [5.41, 5.74) is 3.45. The quantitative estimate of drug-likeness (QED) is 0.376. The number of fused-ring (bicyclic) bond motifs is 3. The van der Waals surface area contributed by atoms with Crippen LogP contribution in [0.25, 0.3) is 21.8 Å². The Kier molecular flexibility index (Phi) is 7.88. The lowest BCUT2D eigenvalue weighted by molar-refractivity contribution is -0.130. The second-order valence-electron chi connectivity index (χ2n) is 10.7. The molecule has 8 nitrogen and oxygen atoms in total. The molecule has 9 heteroatoms. The number of rotatable bonds is 7. The summed E-state index contributed by atoms with van der Waals surface area (Å²) in [4.78, 5) is 43.7. The summed E-state index contributed by atoms with van der Waals surface area (Å²) in [6.45, 7) is 9.98. The minimum atomic E-state index is -0.590. The third-order valence-electron chi connectivity index (χ3n) is 7.81. The number of hydrogen-bond acceptors (Lipinski definition) is 7. The van der Waals surface area contributed by atoms with E-state index in [0.717, 1.165) is 65.5 Å². The Labute approximate surface area is 232 Å². The number of aromatic nitrogens is 2. The molecule has 1 unspecified atom stereocenters. The standard InChI is InChI=1S/C30H35N3O5S/c1-5-37-30(36)24-16-33-25(18(2)3)12-21-13-28(38-17-20-6-9-32(10-7-20)19(4)34)23(29-31-8-11-39-29)14-22(21)26(33)15-27(24)35/h8,11,13-16,18,20,25H,5-7,9-10,12,17H2,1-4H3. The van der Waals surface area contributed by atoms with Crippen LogP contribution in [0.5, 0.6) is 5.75 Å². The predicted molar refractivity (Wildman–Crippen MR) is 151 cm³/mol. The van der Waals surface area contributed by atoms with E-state index >= 15 is 0 Å². The molecule has 1 amide bonds. The number of pyridine rings is 1. The molecule has 2 aliphatic rings. The summed E-state index contributed by atoms with van der Waals surface area (Å²) in [5, 5.41) is 2.79. The molecule has 206 valence electrons. The first-order valence-corrected chi connectivity index (χ1v) is 14.5. The van der Waals surface area contributed by atoms with E-state index in [1.165, 1.54) is 0 Å². The van der Waals surface area contributed by atoms with Crippen molar-refractivity contribution in [2.45, 2.75) is 53.0 Å². The fourth-order valence-corrected chi connectivity index (χ4v) is 6.24. The monoisotopic (exact) mass is 549 g/mol. The molecule has 0 saturated carbocycles. The second-order valence-corrected chi connectivity index (χ2v) is 11.6. The van der Waals surface area contributed by atoms with Crippen LogP contribution in [0.2, 0.25) is 0 Å². The lowest BCUT2D eigenvalue weighted by atomic mass is 9.86. The van der Waals surface area contributed by atoms with Gasteiger partial charge >= 0.3 is 5.97 Å². The zero-order valence-corrected chi connectivity index (χ0v) is 23.8. The number of carbonyl (C=O) groups excluding carboxylic acids is 2. The van der Waals surface area contributed by atoms with E-state index < -0.39 is 5.97 Å². The largest absolute Gasteiger partial charge is 0.493 e. The van der Waals surface area contributed by atoms with Crippen molar-refractivity contribution in [3.05, 3.63) is 57.3 Å². The molecule has 1 fully saturated rings. The van der Waals surface area contributed by atoms with Gasteiger partial charge in [-0.25, -0.2) is 9.78 Å². The lowest BCUT2D eigenvalue weighted by Gasteiger charge is -2.34. The summed E-state index contributed by atoms with van der Waals surface area (Å²) in [5.74, 6) is 0.976. The number of piperidine rings is 1. The number of likely N-dealkylation sites (tertiary alicyclic amines) is 1. The van der Waals surface area contributed by atoms with E-state index in [1.807, 2.05) is 10.3 Å². The number of benzene rings is 1. The van der Waals surface area contributed by atoms with Gasteiger partial charge in [0.15, 0.2) is 5.43 Å². The predicted octanol–water partition coefficient (Wildman–Crippen LogP) is 5.21. The van der Waals surface area contributed by atoms with Gasteiger partial charge in [0.1, 0.15) is 16.3 Å². The topological polar surface area (TPSA) is 90.7 Å². The number of thiazole rings is 1. The minimum Gasteiger partial charge on any atom is -0.493 e. The van der Waals surface area contributed by atoms with E-state index in [0.29, 0.717) is 12.5 Å². The third kappa shape index (κ3) is 5.50. The molecule has 5 rings (SSSR count). The second kappa shape index (κ2) is 11.3. The number of ether oxygens (including phenoxy) is 2. The van der Waals surface area contributed by atoms with E-state index in [-0.39, 0.29) is 35.5 Å². The van der Waals surface area contributed by atoms with Crippen molar-refractivity contribution in [2.24, 2.45) is 11.8 Å². The van der Waals surface area contributed by atoms with Gasteiger partial charge in [0, 0.05) is 55.5 Å². The van der Waals surface area contributed by atoms with Gasteiger partial charge in [0.25, 0.3) is 0 Å². The van der Waals surface area contributed by atoms with E-state index in [1.54, 1.807) is 43.6 Å². The molecule has 1 saturated heterocycles. The van der Waals surface area contributed by atoms with Gasteiger partial charge in [0.2, 0.25) is 5.91 Å². The van der Waals surface area contributed by atoms with E-state index in [2.05, 4.69) is 35.5 Å². The Morgan fingerprint density at radius 1 is 1.15 bits per heavy atom. The van der Waals surface area contributed by atoms with Crippen LogP contribution in [0.4, 0.5) is 0 Å². The van der Waals surface area contributed by atoms with Crippen molar-refractivity contribution < 1.29 is 19.1 Å². The van der Waals surface area contributed by atoms with Crippen molar-refractivity contribution in [1.29, 1.82) is 0 Å².